The zero-order valence-electron chi connectivity index (χ0n) is 15.6. The fourth-order valence-corrected chi connectivity index (χ4v) is 3.00. The van der Waals surface area contributed by atoms with Crippen LogP contribution < -0.4 is 20.7 Å². The number of esters is 1. The normalized spacial score (nSPS) is 11.9. The summed E-state index contributed by atoms with van der Waals surface area (Å²) < 4.78 is 10.1. The second kappa shape index (κ2) is 7.47. The molecule has 0 radical (unpaired) electrons. The average molecular weight is 391 g/mol. The Balaban J connectivity index is 1.73. The van der Waals surface area contributed by atoms with Crippen LogP contribution in [0.4, 0.5) is 28.6 Å². The molecule has 2 aromatic carbocycles. The summed E-state index contributed by atoms with van der Waals surface area (Å²) in [5.41, 5.74) is 3.02. The van der Waals surface area contributed by atoms with Gasteiger partial charge in [-0.3, -0.25) is 4.79 Å². The van der Waals surface area contributed by atoms with E-state index in [0.717, 1.165) is 5.69 Å². The number of anilines is 5. The van der Waals surface area contributed by atoms with Gasteiger partial charge in [-0.15, -0.1) is 0 Å². The van der Waals surface area contributed by atoms with E-state index in [2.05, 4.69) is 25.9 Å². The Morgan fingerprint density at radius 1 is 1.03 bits per heavy atom. The molecule has 146 valence electrons. The van der Waals surface area contributed by atoms with Gasteiger partial charge in [0.15, 0.2) is 0 Å². The molecule has 0 saturated heterocycles. The molecule has 0 saturated carbocycles. The third-order valence-electron chi connectivity index (χ3n) is 4.38. The Kier molecular flexibility index (Phi) is 4.70. The summed E-state index contributed by atoms with van der Waals surface area (Å²) in [7, 11) is 2.74. The highest BCUT2D eigenvalue weighted by atomic mass is 16.5. The van der Waals surface area contributed by atoms with E-state index in [1.807, 2.05) is 0 Å². The summed E-state index contributed by atoms with van der Waals surface area (Å²) in [6.07, 6.45) is 3.07. The number of amides is 1. The van der Waals surface area contributed by atoms with E-state index in [4.69, 9.17) is 9.47 Å². The maximum Gasteiger partial charge on any atom is 0.341 e. The van der Waals surface area contributed by atoms with Crippen molar-refractivity contribution in [1.82, 2.24) is 9.97 Å². The Hall–Kier alpha value is -4.14. The molecular weight excluding hydrogens is 374 g/mol. The first kappa shape index (κ1) is 18.2. The van der Waals surface area contributed by atoms with Gasteiger partial charge in [0.1, 0.15) is 23.5 Å². The number of nitrogens with one attached hydrogen (secondary N) is 3. The van der Waals surface area contributed by atoms with Gasteiger partial charge in [-0.2, -0.15) is 0 Å². The Labute approximate surface area is 166 Å². The van der Waals surface area contributed by atoms with E-state index in [-0.39, 0.29) is 11.5 Å². The average Bonchev–Trinajstić information content (AvgIpc) is 2.87. The number of benzene rings is 2. The van der Waals surface area contributed by atoms with E-state index in [1.165, 1.54) is 26.6 Å². The van der Waals surface area contributed by atoms with Gasteiger partial charge in [-0.25, -0.2) is 14.8 Å². The molecule has 9 heteroatoms. The van der Waals surface area contributed by atoms with E-state index in [1.54, 1.807) is 36.5 Å². The highest BCUT2D eigenvalue weighted by Crippen LogP contribution is 2.38. The van der Waals surface area contributed by atoms with Crippen molar-refractivity contribution < 1.29 is 19.1 Å². The summed E-state index contributed by atoms with van der Waals surface area (Å²) in [5, 5.41) is 9.20. The van der Waals surface area contributed by atoms with Gasteiger partial charge in [0, 0.05) is 18.0 Å². The first-order valence-corrected chi connectivity index (χ1v) is 8.65. The minimum atomic E-state index is -0.558. The van der Waals surface area contributed by atoms with E-state index >= 15 is 0 Å². The van der Waals surface area contributed by atoms with Crippen molar-refractivity contribution in [3.63, 3.8) is 0 Å². The highest BCUT2D eigenvalue weighted by molar-refractivity contribution is 6.13. The molecule has 0 aliphatic carbocycles. The standard InChI is InChI=1S/C20H17N5O4/c1-28-17-9-16-15(8-13(17)20(27)29-2)25-19(26)12-4-3-11(7-14(12)24-16)23-18-5-6-21-10-22-18/h3-10,24H,1-2H3,(H,25,26)(H,21,22,23). The molecule has 3 aromatic rings. The van der Waals surface area contributed by atoms with Gasteiger partial charge < -0.3 is 25.4 Å². The largest absolute Gasteiger partial charge is 0.496 e. The first-order chi connectivity index (χ1) is 14.1. The topological polar surface area (TPSA) is 114 Å². The molecule has 0 bridgehead atoms. The summed E-state index contributed by atoms with van der Waals surface area (Å²) in [5.74, 6) is 0.0942. The minimum absolute atomic E-state index is 0.216. The molecule has 1 aliphatic rings. The number of rotatable bonds is 4. The fourth-order valence-electron chi connectivity index (χ4n) is 3.00. The van der Waals surface area contributed by atoms with Crippen LogP contribution in [0.2, 0.25) is 0 Å². The van der Waals surface area contributed by atoms with Crippen LogP contribution in [0, 0.1) is 0 Å². The fraction of sp³-hybridized carbons (Fsp3) is 0.100. The molecule has 1 aromatic heterocycles. The van der Waals surface area contributed by atoms with Crippen LogP contribution in [0.1, 0.15) is 20.7 Å². The molecule has 1 aliphatic heterocycles. The molecule has 9 nitrogen and oxygen atoms in total. The molecule has 0 fully saturated rings. The van der Waals surface area contributed by atoms with Gasteiger partial charge in [0.2, 0.25) is 0 Å². The second-order valence-corrected chi connectivity index (χ2v) is 6.15. The zero-order chi connectivity index (χ0) is 20.4. The van der Waals surface area contributed by atoms with Crippen molar-refractivity contribution in [3.05, 3.63) is 60.0 Å². The smallest absolute Gasteiger partial charge is 0.341 e. The summed E-state index contributed by atoms with van der Waals surface area (Å²) in [6, 6.07) is 10.2. The minimum Gasteiger partial charge on any atom is -0.496 e. The van der Waals surface area contributed by atoms with Crippen molar-refractivity contribution >= 4 is 40.4 Å². The van der Waals surface area contributed by atoms with Gasteiger partial charge in [0.25, 0.3) is 5.91 Å². The van der Waals surface area contributed by atoms with Crippen LogP contribution in [0.15, 0.2) is 48.9 Å². The monoisotopic (exact) mass is 391 g/mol. The van der Waals surface area contributed by atoms with Crippen molar-refractivity contribution in [2.45, 2.75) is 0 Å². The van der Waals surface area contributed by atoms with Crippen LogP contribution in [-0.4, -0.2) is 36.1 Å². The predicted octanol–water partition coefficient (Wildman–Crippen LogP) is 3.32. The quantitative estimate of drug-likeness (QED) is 0.580. The van der Waals surface area contributed by atoms with Crippen LogP contribution in [-0.2, 0) is 4.74 Å². The summed E-state index contributed by atoms with van der Waals surface area (Å²) in [4.78, 5) is 32.7. The molecule has 0 atom stereocenters. The van der Waals surface area contributed by atoms with Crippen molar-refractivity contribution in [1.29, 1.82) is 0 Å². The van der Waals surface area contributed by atoms with E-state index in [0.29, 0.717) is 34.2 Å². The van der Waals surface area contributed by atoms with Crippen molar-refractivity contribution in [2.24, 2.45) is 0 Å². The summed E-state index contributed by atoms with van der Waals surface area (Å²) in [6.45, 7) is 0. The SMILES string of the molecule is COC(=O)c1cc2c(cc1OC)Nc1cc(Nc3ccncn3)ccc1C(=O)N2. The predicted molar refractivity (Wildman–Crippen MR) is 107 cm³/mol. The molecule has 3 N–H and O–H groups in total. The van der Waals surface area contributed by atoms with Crippen molar-refractivity contribution in [3.8, 4) is 5.75 Å². The summed E-state index contributed by atoms with van der Waals surface area (Å²) >= 11 is 0. The number of carbonyl (C=O) groups excluding carboxylic acids is 2. The Bertz CT molecular complexity index is 1100. The van der Waals surface area contributed by atoms with Crippen molar-refractivity contribution in [2.75, 3.05) is 30.2 Å². The number of hydrogen-bond acceptors (Lipinski definition) is 8. The lowest BCUT2D eigenvalue weighted by Crippen LogP contribution is -2.12. The number of fused-ring (bicyclic) bond motifs is 2. The lowest BCUT2D eigenvalue weighted by atomic mass is 10.1. The number of ether oxygens (including phenoxy) is 2. The van der Waals surface area contributed by atoms with E-state index < -0.39 is 5.97 Å². The molecule has 1 amide bonds. The number of carbonyl (C=O) groups is 2. The van der Waals surface area contributed by atoms with Crippen LogP contribution in [0.3, 0.4) is 0 Å². The number of methoxy groups -OCH3 is 2. The maximum absolute atomic E-state index is 12.7. The second-order valence-electron chi connectivity index (χ2n) is 6.15. The Morgan fingerprint density at radius 2 is 1.86 bits per heavy atom. The van der Waals surface area contributed by atoms with Crippen LogP contribution in [0.5, 0.6) is 5.75 Å². The number of nitrogens with zero attached hydrogens (tertiary/aromatic N) is 2. The molecule has 0 unspecified atom stereocenters. The van der Waals surface area contributed by atoms with Gasteiger partial charge in [-0.05, 0) is 30.3 Å². The number of hydrogen-bond donors (Lipinski definition) is 3. The third kappa shape index (κ3) is 3.53. The molecule has 0 spiro atoms. The first-order valence-electron chi connectivity index (χ1n) is 8.65. The highest BCUT2D eigenvalue weighted by Gasteiger charge is 2.23. The van der Waals surface area contributed by atoms with E-state index in [9.17, 15) is 9.59 Å². The third-order valence-corrected chi connectivity index (χ3v) is 4.38. The van der Waals surface area contributed by atoms with Crippen LogP contribution >= 0.6 is 0 Å². The number of aromatic nitrogens is 2. The van der Waals surface area contributed by atoms with Gasteiger partial charge >= 0.3 is 5.97 Å². The van der Waals surface area contributed by atoms with Gasteiger partial charge in [-0.1, -0.05) is 0 Å². The Morgan fingerprint density at radius 3 is 2.59 bits per heavy atom. The molecular formula is C20H17N5O4. The lowest BCUT2D eigenvalue weighted by Gasteiger charge is -2.14. The molecule has 4 rings (SSSR count). The zero-order valence-corrected chi connectivity index (χ0v) is 15.6. The lowest BCUT2D eigenvalue weighted by molar-refractivity contribution is 0.0597. The van der Waals surface area contributed by atoms with Gasteiger partial charge in [0.05, 0.1) is 36.8 Å². The maximum atomic E-state index is 12.7. The van der Waals surface area contributed by atoms with Crippen LogP contribution in [0.25, 0.3) is 0 Å². The molecule has 2 heterocycles. The molecule has 29 heavy (non-hydrogen) atoms.